The summed E-state index contributed by atoms with van der Waals surface area (Å²) in [6, 6.07) is 20.6. The Bertz CT molecular complexity index is 701. The van der Waals surface area contributed by atoms with Gasteiger partial charge in [0.1, 0.15) is 0 Å². The average Bonchev–Trinajstić information content (AvgIpc) is 2.69. The third kappa shape index (κ3) is 9.82. The van der Waals surface area contributed by atoms with Crippen LogP contribution in [0.5, 0.6) is 0 Å². The first kappa shape index (κ1) is 25.6. The first-order valence-corrected chi connectivity index (χ1v) is 10.7. The minimum Gasteiger partial charge on any atom is -0.264 e. The summed E-state index contributed by atoms with van der Waals surface area (Å²) >= 11 is 0. The zero-order valence-electron chi connectivity index (χ0n) is 20.4. The predicted octanol–water partition coefficient (Wildman–Crippen LogP) is 7.74. The van der Waals surface area contributed by atoms with E-state index >= 15 is 0 Å². The van der Waals surface area contributed by atoms with Crippen LogP contribution in [-0.2, 0) is 16.2 Å². The van der Waals surface area contributed by atoms with Crippen LogP contribution in [0.15, 0.2) is 79.3 Å². The molecule has 0 atom stereocenters. The normalized spacial score (nSPS) is 11.5. The molecule has 0 radical (unpaired) electrons. The highest BCUT2D eigenvalue weighted by molar-refractivity contribution is 5.22. The van der Waals surface area contributed by atoms with Gasteiger partial charge in [-0.2, -0.15) is 0 Å². The lowest BCUT2D eigenvalue weighted by Crippen LogP contribution is -2.12. The molecule has 0 aliphatic rings. The van der Waals surface area contributed by atoms with Crippen molar-refractivity contribution in [2.24, 2.45) is 0 Å². The van der Waals surface area contributed by atoms with Crippen LogP contribution < -0.4 is 0 Å². The molecule has 162 valence electrons. The van der Waals surface area contributed by atoms with E-state index in [9.17, 15) is 0 Å². The molecular weight excluding hydrogens is 364 g/mol. The summed E-state index contributed by atoms with van der Waals surface area (Å²) in [4.78, 5) is 8.30. The van der Waals surface area contributed by atoms with Gasteiger partial charge < -0.3 is 0 Å². The Morgan fingerprint density at radius 3 is 1.33 bits per heavy atom. The first-order chi connectivity index (χ1) is 13.8. The third-order valence-electron chi connectivity index (χ3n) is 4.60. The molecule has 2 aromatic heterocycles. The number of nitrogens with zero attached hydrogens (tertiary/aromatic N) is 2. The van der Waals surface area contributed by atoms with E-state index in [1.807, 2.05) is 30.6 Å². The maximum absolute atomic E-state index is 4.25. The van der Waals surface area contributed by atoms with Crippen LogP contribution >= 0.6 is 0 Å². The molecule has 0 aliphatic heterocycles. The predicted molar refractivity (Wildman–Crippen MR) is 131 cm³/mol. The molecule has 2 heterocycles. The fraction of sp³-hybridized carbons (Fsp3) is 0.429. The Kier molecular flexibility index (Phi) is 9.42. The summed E-state index contributed by atoms with van der Waals surface area (Å²) < 4.78 is 0. The van der Waals surface area contributed by atoms with E-state index in [4.69, 9.17) is 0 Å². The lowest BCUT2D eigenvalue weighted by Gasteiger charge is -2.18. The molecule has 0 fully saturated rings. The maximum atomic E-state index is 4.25. The van der Waals surface area contributed by atoms with Crippen molar-refractivity contribution in [2.75, 3.05) is 0 Å². The lowest BCUT2D eigenvalue weighted by molar-refractivity contribution is 0.569. The fourth-order valence-corrected chi connectivity index (χ4v) is 2.55. The van der Waals surface area contributed by atoms with Gasteiger partial charge in [0.2, 0.25) is 0 Å². The number of hydrogen-bond donors (Lipinski definition) is 0. The van der Waals surface area contributed by atoms with Crippen molar-refractivity contribution in [2.45, 2.75) is 78.6 Å². The number of pyridine rings is 2. The summed E-state index contributed by atoms with van der Waals surface area (Å²) in [6.07, 6.45) is 5.55. The van der Waals surface area contributed by atoms with Gasteiger partial charge in [-0.3, -0.25) is 9.97 Å². The van der Waals surface area contributed by atoms with Gasteiger partial charge in [0.25, 0.3) is 0 Å². The smallest absolute Gasteiger partial charge is 0.0457 e. The molecule has 0 amide bonds. The molecule has 0 spiro atoms. The molecule has 1 aromatic carbocycles. The van der Waals surface area contributed by atoms with Crippen molar-refractivity contribution in [3.8, 4) is 0 Å². The Labute approximate surface area is 184 Å². The standard InChI is InChI=1S/C10H14.2C9H13N/c1-10(2,3)9-7-5-4-6-8-9;1-9(2,3)8-5-4-6-10-7-8;1-9(2,3)8-6-4-5-7-10-8/h4-8H,1-3H3;2*4-7H,1-3H3. The summed E-state index contributed by atoms with van der Waals surface area (Å²) in [5, 5.41) is 0. The Morgan fingerprint density at radius 1 is 0.500 bits per heavy atom. The lowest BCUT2D eigenvalue weighted by atomic mass is 9.87. The number of hydrogen-bond acceptors (Lipinski definition) is 2. The largest absolute Gasteiger partial charge is 0.264 e. The number of rotatable bonds is 0. The van der Waals surface area contributed by atoms with Gasteiger partial charge in [-0.25, -0.2) is 0 Å². The quantitative estimate of drug-likeness (QED) is 0.383. The molecule has 30 heavy (non-hydrogen) atoms. The van der Waals surface area contributed by atoms with Crippen LogP contribution in [0.4, 0.5) is 0 Å². The van der Waals surface area contributed by atoms with E-state index in [0.717, 1.165) is 5.69 Å². The molecule has 2 nitrogen and oxygen atoms in total. The zero-order chi connectivity index (χ0) is 22.8. The highest BCUT2D eigenvalue weighted by Gasteiger charge is 2.13. The van der Waals surface area contributed by atoms with E-state index in [2.05, 4.69) is 115 Å². The summed E-state index contributed by atoms with van der Waals surface area (Å²) in [7, 11) is 0. The van der Waals surface area contributed by atoms with Crippen molar-refractivity contribution < 1.29 is 0 Å². The van der Waals surface area contributed by atoms with Crippen LogP contribution in [0.25, 0.3) is 0 Å². The molecule has 3 aromatic rings. The highest BCUT2D eigenvalue weighted by Crippen LogP contribution is 2.21. The van der Waals surface area contributed by atoms with Gasteiger partial charge in [-0.05, 0) is 40.2 Å². The number of benzene rings is 1. The van der Waals surface area contributed by atoms with Gasteiger partial charge in [0.15, 0.2) is 0 Å². The van der Waals surface area contributed by atoms with E-state index in [-0.39, 0.29) is 10.8 Å². The first-order valence-electron chi connectivity index (χ1n) is 10.7. The van der Waals surface area contributed by atoms with Crippen LogP contribution in [-0.4, -0.2) is 9.97 Å². The summed E-state index contributed by atoms with van der Waals surface area (Å²) in [5.74, 6) is 0. The Morgan fingerprint density at radius 2 is 1.03 bits per heavy atom. The van der Waals surface area contributed by atoms with E-state index in [1.54, 1.807) is 6.20 Å². The monoisotopic (exact) mass is 404 g/mol. The second-order valence-corrected chi connectivity index (χ2v) is 10.6. The molecule has 0 unspecified atom stereocenters. The van der Waals surface area contributed by atoms with Crippen molar-refractivity contribution in [3.05, 3.63) is 96.1 Å². The van der Waals surface area contributed by atoms with Gasteiger partial charge in [0, 0.05) is 29.7 Å². The third-order valence-corrected chi connectivity index (χ3v) is 4.60. The fourth-order valence-electron chi connectivity index (χ4n) is 2.55. The topological polar surface area (TPSA) is 25.8 Å². The van der Waals surface area contributed by atoms with Crippen LogP contribution in [0, 0.1) is 0 Å². The van der Waals surface area contributed by atoms with Crippen molar-refractivity contribution in [3.63, 3.8) is 0 Å². The Hall–Kier alpha value is -2.48. The molecule has 0 aliphatic carbocycles. The average molecular weight is 405 g/mol. The molecule has 0 saturated heterocycles. The van der Waals surface area contributed by atoms with Crippen LogP contribution in [0.2, 0.25) is 0 Å². The van der Waals surface area contributed by atoms with E-state index in [1.165, 1.54) is 11.1 Å². The zero-order valence-corrected chi connectivity index (χ0v) is 20.4. The summed E-state index contributed by atoms with van der Waals surface area (Å²) in [5.41, 5.74) is 4.54. The SMILES string of the molecule is CC(C)(C)c1ccccc1.CC(C)(C)c1ccccn1.CC(C)(C)c1cccnc1. The molecule has 2 heteroatoms. The van der Waals surface area contributed by atoms with Gasteiger partial charge in [0.05, 0.1) is 0 Å². The van der Waals surface area contributed by atoms with Crippen LogP contribution in [0.3, 0.4) is 0 Å². The molecule has 0 N–H and O–H groups in total. The van der Waals surface area contributed by atoms with Crippen molar-refractivity contribution >= 4 is 0 Å². The minimum atomic E-state index is 0.182. The van der Waals surface area contributed by atoms with Crippen LogP contribution in [0.1, 0.15) is 79.1 Å². The van der Waals surface area contributed by atoms with Crippen molar-refractivity contribution in [1.82, 2.24) is 9.97 Å². The number of aromatic nitrogens is 2. The highest BCUT2D eigenvalue weighted by atomic mass is 14.7. The summed E-state index contributed by atoms with van der Waals surface area (Å²) in [6.45, 7) is 19.7. The maximum Gasteiger partial charge on any atom is 0.0457 e. The second-order valence-electron chi connectivity index (χ2n) is 10.6. The Balaban J connectivity index is 0.000000225. The minimum absolute atomic E-state index is 0.182. The molecule has 0 bridgehead atoms. The van der Waals surface area contributed by atoms with Crippen molar-refractivity contribution in [1.29, 1.82) is 0 Å². The van der Waals surface area contributed by atoms with Gasteiger partial charge in [-0.15, -0.1) is 0 Å². The van der Waals surface area contributed by atoms with Gasteiger partial charge in [-0.1, -0.05) is 105 Å². The van der Waals surface area contributed by atoms with Gasteiger partial charge >= 0.3 is 0 Å². The second kappa shape index (κ2) is 11.1. The van der Waals surface area contributed by atoms with E-state index in [0.29, 0.717) is 5.41 Å². The molecule has 3 rings (SSSR count). The molecule has 0 saturated carbocycles. The molecular formula is C28H40N2. The van der Waals surface area contributed by atoms with E-state index < -0.39 is 0 Å².